The Labute approximate surface area is 156 Å². The van der Waals surface area contributed by atoms with Crippen LogP contribution in [-0.4, -0.2) is 39.0 Å². The van der Waals surface area contributed by atoms with Gasteiger partial charge < -0.3 is 10.6 Å². The van der Waals surface area contributed by atoms with Gasteiger partial charge in [0.05, 0.1) is 4.90 Å². The highest BCUT2D eigenvalue weighted by atomic mass is 32.2. The quantitative estimate of drug-likeness (QED) is 0.731. The van der Waals surface area contributed by atoms with Gasteiger partial charge in [-0.25, -0.2) is 13.1 Å². The highest BCUT2D eigenvalue weighted by Crippen LogP contribution is 2.23. The van der Waals surface area contributed by atoms with E-state index in [1.807, 2.05) is 0 Å². The van der Waals surface area contributed by atoms with Crippen molar-refractivity contribution in [3.05, 3.63) is 29.3 Å². The third-order valence-corrected chi connectivity index (χ3v) is 7.04. The van der Waals surface area contributed by atoms with E-state index < -0.39 is 10.0 Å². The molecule has 1 aliphatic carbocycles. The summed E-state index contributed by atoms with van der Waals surface area (Å²) in [7, 11) is -3.61. The number of hydrogen-bond acceptors (Lipinski definition) is 4. The highest BCUT2D eigenvalue weighted by molar-refractivity contribution is 7.89. The summed E-state index contributed by atoms with van der Waals surface area (Å²) in [4.78, 5) is 12.8. The largest absolute Gasteiger partial charge is 0.349 e. The molecule has 7 heteroatoms. The van der Waals surface area contributed by atoms with Crippen LogP contribution in [0.2, 0.25) is 0 Å². The molecule has 0 bridgehead atoms. The number of amides is 1. The van der Waals surface area contributed by atoms with E-state index in [-0.39, 0.29) is 22.9 Å². The van der Waals surface area contributed by atoms with Crippen molar-refractivity contribution in [2.24, 2.45) is 0 Å². The third-order valence-electron chi connectivity index (χ3n) is 5.38. The fourth-order valence-corrected chi connectivity index (χ4v) is 5.46. The van der Waals surface area contributed by atoms with Gasteiger partial charge in [-0.1, -0.05) is 18.9 Å². The minimum absolute atomic E-state index is 0.00751. The number of piperidine rings is 1. The zero-order chi connectivity index (χ0) is 18.7. The van der Waals surface area contributed by atoms with Gasteiger partial charge in [0, 0.05) is 23.7 Å². The second-order valence-electron chi connectivity index (χ2n) is 7.63. The van der Waals surface area contributed by atoms with E-state index in [2.05, 4.69) is 22.3 Å². The summed E-state index contributed by atoms with van der Waals surface area (Å²) in [6.07, 6.45) is 5.65. The molecule has 1 aliphatic heterocycles. The molecule has 6 nitrogen and oxygen atoms in total. The lowest BCUT2D eigenvalue weighted by atomic mass is 10.00. The predicted molar refractivity (Wildman–Crippen MR) is 102 cm³/mol. The molecule has 1 saturated carbocycles. The average molecular weight is 380 g/mol. The minimum Gasteiger partial charge on any atom is -0.349 e. The summed E-state index contributed by atoms with van der Waals surface area (Å²) < 4.78 is 28.3. The maximum atomic E-state index is 12.8. The van der Waals surface area contributed by atoms with Gasteiger partial charge in [-0.15, -0.1) is 0 Å². The maximum absolute atomic E-state index is 12.8. The molecule has 1 saturated heterocycles. The fraction of sp³-hybridized carbons (Fsp3) is 0.632. The van der Waals surface area contributed by atoms with Crippen molar-refractivity contribution in [3.63, 3.8) is 0 Å². The van der Waals surface area contributed by atoms with E-state index in [0.29, 0.717) is 17.2 Å². The summed E-state index contributed by atoms with van der Waals surface area (Å²) in [6, 6.07) is 5.42. The molecule has 26 heavy (non-hydrogen) atoms. The summed E-state index contributed by atoms with van der Waals surface area (Å²) >= 11 is 0. The summed E-state index contributed by atoms with van der Waals surface area (Å²) in [5, 5.41) is 6.40. The van der Waals surface area contributed by atoms with Crippen LogP contribution in [0, 0.1) is 6.92 Å². The van der Waals surface area contributed by atoms with Crippen LogP contribution in [0.25, 0.3) is 0 Å². The number of benzene rings is 1. The Kier molecular flexibility index (Phi) is 5.99. The molecule has 3 N–H and O–H groups in total. The number of rotatable bonds is 5. The Morgan fingerprint density at radius 2 is 1.88 bits per heavy atom. The molecule has 1 amide bonds. The van der Waals surface area contributed by atoms with E-state index in [1.54, 1.807) is 19.1 Å². The number of nitrogens with one attached hydrogen (secondary N) is 3. The Morgan fingerprint density at radius 1 is 1.15 bits per heavy atom. The van der Waals surface area contributed by atoms with Gasteiger partial charge >= 0.3 is 0 Å². The van der Waals surface area contributed by atoms with Crippen molar-refractivity contribution in [1.82, 2.24) is 15.4 Å². The van der Waals surface area contributed by atoms with Gasteiger partial charge in [0.1, 0.15) is 0 Å². The second kappa shape index (κ2) is 8.06. The first-order chi connectivity index (χ1) is 12.3. The van der Waals surface area contributed by atoms with Crippen molar-refractivity contribution < 1.29 is 13.2 Å². The first-order valence-corrected chi connectivity index (χ1v) is 11.0. The summed E-state index contributed by atoms with van der Waals surface area (Å²) in [5.41, 5.74) is 1.05. The molecule has 2 unspecified atom stereocenters. The Bertz CT molecular complexity index is 757. The molecule has 144 valence electrons. The Balaban J connectivity index is 1.75. The molecule has 2 aliphatic rings. The lowest BCUT2D eigenvalue weighted by Gasteiger charge is -2.28. The number of hydrogen-bond donors (Lipinski definition) is 3. The zero-order valence-electron chi connectivity index (χ0n) is 15.5. The van der Waals surface area contributed by atoms with Crippen molar-refractivity contribution in [2.45, 2.75) is 75.4 Å². The van der Waals surface area contributed by atoms with Crippen LogP contribution < -0.4 is 15.4 Å². The maximum Gasteiger partial charge on any atom is 0.251 e. The van der Waals surface area contributed by atoms with Gasteiger partial charge in [-0.05, 0) is 63.8 Å². The smallest absolute Gasteiger partial charge is 0.251 e. The molecule has 0 aromatic heterocycles. The van der Waals surface area contributed by atoms with Gasteiger partial charge in [0.25, 0.3) is 5.91 Å². The molecule has 3 rings (SSSR count). The van der Waals surface area contributed by atoms with Crippen LogP contribution in [-0.2, 0) is 10.0 Å². The summed E-state index contributed by atoms with van der Waals surface area (Å²) in [5.74, 6) is -0.207. The van der Waals surface area contributed by atoms with Crippen molar-refractivity contribution >= 4 is 15.9 Å². The molecule has 1 aromatic rings. The van der Waals surface area contributed by atoms with Crippen LogP contribution in [0.1, 0.15) is 61.4 Å². The normalized spacial score (nSPS) is 24.5. The van der Waals surface area contributed by atoms with Crippen LogP contribution in [0.3, 0.4) is 0 Å². The van der Waals surface area contributed by atoms with Crippen LogP contribution in [0.15, 0.2) is 23.1 Å². The number of sulfonamides is 1. The molecule has 1 aromatic carbocycles. The third kappa shape index (κ3) is 4.64. The molecule has 2 atom stereocenters. The topological polar surface area (TPSA) is 87.3 Å². The zero-order valence-corrected chi connectivity index (χ0v) is 16.4. The van der Waals surface area contributed by atoms with E-state index in [4.69, 9.17) is 0 Å². The Morgan fingerprint density at radius 3 is 2.58 bits per heavy atom. The number of carbonyl (C=O) groups is 1. The molecule has 2 fully saturated rings. The fourth-order valence-electron chi connectivity index (χ4n) is 3.89. The van der Waals surface area contributed by atoms with Crippen LogP contribution in [0.4, 0.5) is 0 Å². The molecule has 1 heterocycles. The van der Waals surface area contributed by atoms with E-state index in [9.17, 15) is 13.2 Å². The first kappa shape index (κ1) is 19.3. The second-order valence-corrected chi connectivity index (χ2v) is 9.32. The van der Waals surface area contributed by atoms with Gasteiger partial charge in [-0.2, -0.15) is 0 Å². The highest BCUT2D eigenvalue weighted by Gasteiger charge is 2.26. The molecular weight excluding hydrogens is 350 g/mol. The van der Waals surface area contributed by atoms with Gasteiger partial charge in [-0.3, -0.25) is 4.79 Å². The summed E-state index contributed by atoms with van der Waals surface area (Å²) in [6.45, 7) is 4.74. The van der Waals surface area contributed by atoms with E-state index in [0.717, 1.165) is 45.1 Å². The lowest BCUT2D eigenvalue weighted by Crippen LogP contribution is -2.46. The molecule has 0 radical (unpaired) electrons. The first-order valence-electron chi connectivity index (χ1n) is 9.52. The predicted octanol–water partition coefficient (Wildman–Crippen LogP) is 2.09. The van der Waals surface area contributed by atoms with Crippen molar-refractivity contribution in [2.75, 3.05) is 6.54 Å². The Hall–Kier alpha value is -1.44. The average Bonchev–Trinajstić information content (AvgIpc) is 3.07. The van der Waals surface area contributed by atoms with Gasteiger partial charge in [0.2, 0.25) is 10.0 Å². The standard InChI is InChI=1S/C19H29N3O3S/c1-13-7-8-15(19(23)21-17-9-10-20-14(2)11-17)12-18(13)26(24,25)22-16-5-3-4-6-16/h7-8,12,14,16-17,20,22H,3-6,9-11H2,1-2H3,(H,21,23). The van der Waals surface area contributed by atoms with Crippen molar-refractivity contribution in [3.8, 4) is 0 Å². The number of aryl methyl sites for hydroxylation is 1. The molecular formula is C19H29N3O3S. The minimum atomic E-state index is -3.61. The number of carbonyl (C=O) groups excluding carboxylic acids is 1. The van der Waals surface area contributed by atoms with Gasteiger partial charge in [0.15, 0.2) is 0 Å². The SMILES string of the molecule is Cc1ccc(C(=O)NC2CCNC(C)C2)cc1S(=O)(=O)NC1CCCC1. The van der Waals surface area contributed by atoms with Crippen LogP contribution >= 0.6 is 0 Å². The lowest BCUT2D eigenvalue weighted by molar-refractivity contribution is 0.0925. The monoisotopic (exact) mass is 379 g/mol. The van der Waals surface area contributed by atoms with E-state index in [1.165, 1.54) is 6.07 Å². The van der Waals surface area contributed by atoms with Crippen LogP contribution in [0.5, 0.6) is 0 Å². The van der Waals surface area contributed by atoms with E-state index >= 15 is 0 Å². The molecule has 0 spiro atoms. The van der Waals surface area contributed by atoms with Crippen molar-refractivity contribution in [1.29, 1.82) is 0 Å².